The molecule has 0 aromatic carbocycles. The van der Waals surface area contributed by atoms with Gasteiger partial charge in [-0.25, -0.2) is 9.59 Å². The molecule has 0 radical (unpaired) electrons. The van der Waals surface area contributed by atoms with Crippen LogP contribution in [0.25, 0.3) is 0 Å². The molecule has 0 saturated heterocycles. The Hall–Kier alpha value is -2.79. The monoisotopic (exact) mass is 371 g/mol. The molecule has 0 saturated carbocycles. The molecule has 0 aliphatic rings. The summed E-state index contributed by atoms with van der Waals surface area (Å²) in [6.45, 7) is 4.89. The maximum absolute atomic E-state index is 11.8. The Morgan fingerprint density at radius 1 is 1.31 bits per heavy atom. The summed E-state index contributed by atoms with van der Waals surface area (Å²) >= 11 is 0. The predicted octanol–water partition coefficient (Wildman–Crippen LogP) is -1.42. The van der Waals surface area contributed by atoms with E-state index in [-0.39, 0.29) is 32.2 Å². The van der Waals surface area contributed by atoms with Crippen molar-refractivity contribution in [3.63, 3.8) is 0 Å². The van der Waals surface area contributed by atoms with E-state index in [2.05, 4.69) is 27.3 Å². The van der Waals surface area contributed by atoms with Crippen molar-refractivity contribution in [3.8, 4) is 0 Å². The van der Waals surface area contributed by atoms with Crippen LogP contribution in [0.5, 0.6) is 0 Å². The highest BCUT2D eigenvalue weighted by molar-refractivity contribution is 5.83. The summed E-state index contributed by atoms with van der Waals surface area (Å²) in [6.07, 6.45) is 1.35. The lowest BCUT2D eigenvalue weighted by Crippen LogP contribution is -2.42. The summed E-state index contributed by atoms with van der Waals surface area (Å²) in [4.78, 5) is 53.2. The molecule has 0 aliphatic heterocycles. The number of aliphatic carboxylic acids is 1. The van der Waals surface area contributed by atoms with Gasteiger partial charge in [0.15, 0.2) is 0 Å². The van der Waals surface area contributed by atoms with Crippen molar-refractivity contribution in [2.24, 2.45) is 16.5 Å². The molecule has 2 unspecified atom stereocenters. The van der Waals surface area contributed by atoms with Crippen LogP contribution in [0.15, 0.2) is 16.8 Å². The third-order valence-corrected chi connectivity index (χ3v) is 3.10. The van der Waals surface area contributed by atoms with Crippen LogP contribution >= 0.6 is 0 Å². The number of aliphatic imine (C=N–C) groups is 1. The first-order valence-electron chi connectivity index (χ1n) is 7.78. The lowest BCUT2D eigenvalue weighted by Gasteiger charge is -2.15. The topological polar surface area (TPSA) is 186 Å². The van der Waals surface area contributed by atoms with E-state index in [4.69, 9.17) is 16.6 Å². The zero-order valence-electron chi connectivity index (χ0n) is 14.6. The quantitative estimate of drug-likeness (QED) is 0.148. The molecular formula is C15H25N5O6. The van der Waals surface area contributed by atoms with Gasteiger partial charge in [0, 0.05) is 32.0 Å². The Morgan fingerprint density at radius 2 is 1.96 bits per heavy atom. The van der Waals surface area contributed by atoms with Gasteiger partial charge in [-0.3, -0.25) is 14.6 Å². The first kappa shape index (κ1) is 23.2. The molecule has 0 aliphatic carbocycles. The van der Waals surface area contributed by atoms with E-state index in [1.165, 1.54) is 6.20 Å². The molecule has 11 nitrogen and oxygen atoms in total. The fourth-order valence-corrected chi connectivity index (χ4v) is 1.78. The van der Waals surface area contributed by atoms with E-state index < -0.39 is 35.8 Å². The van der Waals surface area contributed by atoms with E-state index in [1.807, 2.05) is 0 Å². The minimum Gasteiger partial charge on any atom is -0.480 e. The number of nitrogens with zero attached hydrogens (tertiary/aromatic N) is 1. The molecule has 11 heteroatoms. The number of carbonyl (C=O) groups excluding carboxylic acids is 3. The number of nitrogens with one attached hydrogen (secondary N) is 2. The number of carboxylic acid groups (broad SMARTS) is 1. The molecule has 0 aromatic rings. The van der Waals surface area contributed by atoms with Crippen molar-refractivity contribution >= 4 is 30.5 Å². The van der Waals surface area contributed by atoms with Gasteiger partial charge in [0.2, 0.25) is 11.8 Å². The summed E-state index contributed by atoms with van der Waals surface area (Å²) < 4.78 is 0. The van der Waals surface area contributed by atoms with Gasteiger partial charge in [0.25, 0.3) is 0 Å². The summed E-state index contributed by atoms with van der Waals surface area (Å²) in [5.41, 5.74) is 13.3. The van der Waals surface area contributed by atoms with Crippen LogP contribution in [0.3, 0.4) is 0 Å². The molecule has 7 N–H and O–H groups in total. The fourth-order valence-electron chi connectivity index (χ4n) is 1.78. The number of carboxylic acids is 1. The highest BCUT2D eigenvalue weighted by atomic mass is 16.7. The van der Waals surface area contributed by atoms with Crippen molar-refractivity contribution in [1.82, 2.24) is 10.8 Å². The first-order chi connectivity index (χ1) is 12.2. The van der Waals surface area contributed by atoms with E-state index in [0.29, 0.717) is 5.57 Å². The molecule has 26 heavy (non-hydrogen) atoms. The van der Waals surface area contributed by atoms with Crippen LogP contribution in [-0.4, -0.2) is 54.2 Å². The molecule has 0 fully saturated rings. The highest BCUT2D eigenvalue weighted by Gasteiger charge is 2.20. The van der Waals surface area contributed by atoms with E-state index in [1.54, 1.807) is 6.92 Å². The average molecular weight is 371 g/mol. The van der Waals surface area contributed by atoms with Gasteiger partial charge in [0.05, 0.1) is 0 Å². The summed E-state index contributed by atoms with van der Waals surface area (Å²) in [6, 6.07) is -2.13. The second-order valence-electron chi connectivity index (χ2n) is 5.50. The number of hydroxylamine groups is 1. The number of hydrogen-bond acceptors (Lipinski definition) is 8. The largest absolute Gasteiger partial charge is 0.480 e. The number of primary amides is 1. The van der Waals surface area contributed by atoms with Crippen LogP contribution in [0.1, 0.15) is 32.6 Å². The van der Waals surface area contributed by atoms with Gasteiger partial charge in [0.1, 0.15) is 12.1 Å². The lowest BCUT2D eigenvalue weighted by atomic mass is 10.1. The third kappa shape index (κ3) is 10.9. The normalized spacial score (nSPS) is 13.4. The van der Waals surface area contributed by atoms with Crippen molar-refractivity contribution < 1.29 is 29.1 Å². The van der Waals surface area contributed by atoms with Crippen LogP contribution in [0, 0.1) is 0 Å². The number of nitrogens with two attached hydrogens (primary N) is 2. The van der Waals surface area contributed by atoms with Crippen molar-refractivity contribution in [3.05, 3.63) is 11.8 Å². The van der Waals surface area contributed by atoms with Gasteiger partial charge >= 0.3 is 11.9 Å². The minimum absolute atomic E-state index is 0.0447. The fraction of sp³-hybridized carbons (Fsp3) is 0.533. The summed E-state index contributed by atoms with van der Waals surface area (Å²) in [5, 5.41) is 11.5. The van der Waals surface area contributed by atoms with E-state index in [9.17, 15) is 19.2 Å². The van der Waals surface area contributed by atoms with Gasteiger partial charge < -0.3 is 26.7 Å². The van der Waals surface area contributed by atoms with Gasteiger partial charge in [-0.05, 0) is 20.1 Å². The summed E-state index contributed by atoms with van der Waals surface area (Å²) in [7, 11) is 0. The highest BCUT2D eigenvalue weighted by Crippen LogP contribution is 2.05. The Kier molecular flexibility index (Phi) is 11.2. The molecule has 2 amide bonds. The van der Waals surface area contributed by atoms with Crippen LogP contribution in [0.2, 0.25) is 0 Å². The third-order valence-electron chi connectivity index (χ3n) is 3.10. The first-order valence-corrected chi connectivity index (χ1v) is 7.78. The van der Waals surface area contributed by atoms with Crippen molar-refractivity contribution in [2.45, 2.75) is 44.7 Å². The lowest BCUT2D eigenvalue weighted by molar-refractivity contribution is -0.153. The van der Waals surface area contributed by atoms with Crippen molar-refractivity contribution in [1.29, 1.82) is 0 Å². The molecule has 0 aromatic heterocycles. The van der Waals surface area contributed by atoms with Gasteiger partial charge in [-0.1, -0.05) is 5.57 Å². The van der Waals surface area contributed by atoms with Gasteiger partial charge in [-0.15, -0.1) is 0 Å². The maximum atomic E-state index is 11.8. The predicted molar refractivity (Wildman–Crippen MR) is 92.6 cm³/mol. The van der Waals surface area contributed by atoms with Crippen molar-refractivity contribution in [2.75, 3.05) is 6.54 Å². The van der Waals surface area contributed by atoms with E-state index >= 15 is 0 Å². The van der Waals surface area contributed by atoms with Gasteiger partial charge in [-0.2, -0.15) is 5.48 Å². The zero-order chi connectivity index (χ0) is 20.1. The SMILES string of the molecule is C=N/C=C(\C)CC(NC(=O)CCNOC(=O)C(N)CCC(N)=O)C(=O)O. The smallest absolute Gasteiger partial charge is 0.341 e. The standard InChI is InChI=1S/C15H25N5O6/c1-9(8-18-2)7-11(14(23)24)20-13(22)5-6-19-26-15(25)10(16)3-4-12(17)21/h8,10-11,19H,2-7,16H2,1H3,(H2,17,21)(H,20,22)(H,23,24)/b9-8+. The molecule has 0 spiro atoms. The maximum Gasteiger partial charge on any atom is 0.341 e. The Bertz CT molecular complexity index is 563. The molecule has 0 heterocycles. The zero-order valence-corrected chi connectivity index (χ0v) is 14.6. The molecular weight excluding hydrogens is 346 g/mol. The van der Waals surface area contributed by atoms with Crippen LogP contribution in [-0.2, 0) is 24.0 Å². The molecule has 0 rings (SSSR count). The molecule has 146 valence electrons. The van der Waals surface area contributed by atoms with Crippen LogP contribution in [0.4, 0.5) is 0 Å². The number of hydrogen-bond donors (Lipinski definition) is 5. The molecule has 2 atom stereocenters. The molecule has 0 bridgehead atoms. The van der Waals surface area contributed by atoms with Crippen LogP contribution < -0.4 is 22.3 Å². The Labute approximate surface area is 150 Å². The second-order valence-corrected chi connectivity index (χ2v) is 5.50. The summed E-state index contributed by atoms with van der Waals surface area (Å²) in [5.74, 6) is -3.11. The number of rotatable bonds is 13. The average Bonchev–Trinajstić information content (AvgIpc) is 2.55. The second kappa shape index (κ2) is 12.6. The minimum atomic E-state index is -1.19. The number of carbonyl (C=O) groups is 4. The van der Waals surface area contributed by atoms with E-state index in [0.717, 1.165) is 0 Å². The Morgan fingerprint density at radius 3 is 2.50 bits per heavy atom. The Balaban J connectivity index is 4.18. The number of amides is 2.